The maximum absolute atomic E-state index is 12.4. The molecule has 0 aliphatic carbocycles. The van der Waals surface area contributed by atoms with E-state index < -0.39 is 6.10 Å². The van der Waals surface area contributed by atoms with Crippen molar-refractivity contribution in [1.29, 1.82) is 0 Å². The number of anilines is 2. The van der Waals surface area contributed by atoms with Crippen LogP contribution in [-0.2, 0) is 16.0 Å². The summed E-state index contributed by atoms with van der Waals surface area (Å²) < 4.78 is 5.60. The van der Waals surface area contributed by atoms with E-state index in [9.17, 15) is 9.59 Å². The smallest absolute Gasteiger partial charge is 0.267 e. The van der Waals surface area contributed by atoms with E-state index in [-0.39, 0.29) is 18.2 Å². The number of ether oxygens (including phenoxy) is 1. The van der Waals surface area contributed by atoms with Crippen molar-refractivity contribution in [3.63, 3.8) is 0 Å². The summed E-state index contributed by atoms with van der Waals surface area (Å²) in [7, 11) is 0. The van der Waals surface area contributed by atoms with E-state index in [0.717, 1.165) is 17.1 Å². The Kier molecular flexibility index (Phi) is 4.80. The molecule has 1 aromatic heterocycles. The summed E-state index contributed by atoms with van der Waals surface area (Å²) in [4.78, 5) is 30.4. The van der Waals surface area contributed by atoms with Gasteiger partial charge in [0.1, 0.15) is 10.8 Å². The molecule has 126 valence electrons. The van der Waals surface area contributed by atoms with Gasteiger partial charge in [-0.3, -0.25) is 9.59 Å². The van der Waals surface area contributed by atoms with Gasteiger partial charge in [0, 0.05) is 13.0 Å². The zero-order valence-corrected chi connectivity index (χ0v) is 14.4. The fourth-order valence-corrected chi connectivity index (χ4v) is 3.41. The highest BCUT2D eigenvalue weighted by molar-refractivity contribution is 7.14. The van der Waals surface area contributed by atoms with Crippen LogP contribution in [-0.4, -0.2) is 29.4 Å². The van der Waals surface area contributed by atoms with Crippen molar-refractivity contribution in [3.05, 3.63) is 35.5 Å². The quantitative estimate of drug-likeness (QED) is 0.904. The zero-order valence-electron chi connectivity index (χ0n) is 13.6. The molecular formula is C17H19N3O3S. The molecule has 1 aliphatic heterocycles. The van der Waals surface area contributed by atoms with Crippen molar-refractivity contribution < 1.29 is 14.3 Å². The van der Waals surface area contributed by atoms with E-state index in [2.05, 4.69) is 10.3 Å². The standard InChI is InChI=1S/C17H19N3O3S/c1-3-12-16(24-10-18-12)19-15(21)8-9-20-13-6-4-5-7-14(13)23-11(2)17(20)22/h4-7,10-11H,3,8-9H2,1-2H3,(H,19,21). The second kappa shape index (κ2) is 7.00. The van der Waals surface area contributed by atoms with Crippen molar-refractivity contribution >= 4 is 33.8 Å². The van der Waals surface area contributed by atoms with Crippen LogP contribution in [0, 0.1) is 0 Å². The number of benzene rings is 1. The number of amides is 2. The molecule has 0 radical (unpaired) electrons. The molecule has 0 saturated heterocycles. The molecule has 7 heteroatoms. The zero-order chi connectivity index (χ0) is 17.1. The Labute approximate surface area is 144 Å². The number of rotatable bonds is 5. The molecule has 2 amide bonds. The molecule has 1 atom stereocenters. The SMILES string of the molecule is CCc1ncsc1NC(=O)CCN1C(=O)C(C)Oc2ccccc21. The number of aryl methyl sites for hydroxylation is 1. The van der Waals surface area contributed by atoms with Crippen LogP contribution < -0.4 is 15.0 Å². The van der Waals surface area contributed by atoms with Crippen LogP contribution in [0.15, 0.2) is 29.8 Å². The van der Waals surface area contributed by atoms with Gasteiger partial charge in [-0.1, -0.05) is 19.1 Å². The third-order valence-electron chi connectivity index (χ3n) is 3.87. The van der Waals surface area contributed by atoms with Gasteiger partial charge in [-0.2, -0.15) is 0 Å². The number of nitrogens with zero attached hydrogens (tertiary/aromatic N) is 2. The van der Waals surface area contributed by atoms with Gasteiger partial charge in [-0.25, -0.2) is 4.98 Å². The maximum atomic E-state index is 12.4. The highest BCUT2D eigenvalue weighted by atomic mass is 32.1. The van der Waals surface area contributed by atoms with Crippen LogP contribution in [0.25, 0.3) is 0 Å². The van der Waals surface area contributed by atoms with Crippen LogP contribution in [0.2, 0.25) is 0 Å². The second-order valence-corrected chi connectivity index (χ2v) is 6.35. The number of thiazole rings is 1. The van der Waals surface area contributed by atoms with Gasteiger partial charge in [-0.15, -0.1) is 11.3 Å². The van der Waals surface area contributed by atoms with Crippen LogP contribution in [0.5, 0.6) is 5.75 Å². The van der Waals surface area contributed by atoms with E-state index in [4.69, 9.17) is 4.74 Å². The average Bonchev–Trinajstić information content (AvgIpc) is 3.02. The minimum Gasteiger partial charge on any atom is -0.479 e. The number of nitrogens with one attached hydrogen (secondary N) is 1. The van der Waals surface area contributed by atoms with Gasteiger partial charge in [0.2, 0.25) is 5.91 Å². The topological polar surface area (TPSA) is 71.5 Å². The summed E-state index contributed by atoms with van der Waals surface area (Å²) in [6, 6.07) is 7.37. The van der Waals surface area contributed by atoms with Crippen molar-refractivity contribution in [3.8, 4) is 5.75 Å². The van der Waals surface area contributed by atoms with E-state index in [1.807, 2.05) is 31.2 Å². The number of hydrogen-bond donors (Lipinski definition) is 1. The van der Waals surface area contributed by atoms with Crippen molar-refractivity contribution in [2.45, 2.75) is 32.8 Å². The number of hydrogen-bond acceptors (Lipinski definition) is 5. The highest BCUT2D eigenvalue weighted by Gasteiger charge is 2.31. The molecule has 0 spiro atoms. The number of fused-ring (bicyclic) bond motifs is 1. The van der Waals surface area contributed by atoms with Crippen LogP contribution in [0.1, 0.15) is 26.0 Å². The Balaban J connectivity index is 1.67. The van der Waals surface area contributed by atoms with E-state index in [1.165, 1.54) is 11.3 Å². The molecule has 24 heavy (non-hydrogen) atoms. The molecule has 1 N–H and O–H groups in total. The fraction of sp³-hybridized carbons (Fsp3) is 0.353. The lowest BCUT2D eigenvalue weighted by Gasteiger charge is -2.32. The molecule has 0 fully saturated rings. The Morgan fingerprint density at radius 1 is 1.42 bits per heavy atom. The number of carbonyl (C=O) groups excluding carboxylic acids is 2. The largest absolute Gasteiger partial charge is 0.479 e. The molecule has 0 saturated carbocycles. The molecule has 1 unspecified atom stereocenters. The normalized spacial score (nSPS) is 16.5. The fourth-order valence-electron chi connectivity index (χ4n) is 2.61. The molecular weight excluding hydrogens is 326 g/mol. The summed E-state index contributed by atoms with van der Waals surface area (Å²) in [5, 5.41) is 3.66. The minimum absolute atomic E-state index is 0.127. The maximum Gasteiger partial charge on any atom is 0.267 e. The van der Waals surface area contributed by atoms with Gasteiger partial charge < -0.3 is 15.0 Å². The van der Waals surface area contributed by atoms with Gasteiger partial charge >= 0.3 is 0 Å². The van der Waals surface area contributed by atoms with Crippen molar-refractivity contribution in [2.24, 2.45) is 0 Å². The van der Waals surface area contributed by atoms with Gasteiger partial charge in [0.15, 0.2) is 6.10 Å². The van der Waals surface area contributed by atoms with Gasteiger partial charge in [0.05, 0.1) is 16.9 Å². The van der Waals surface area contributed by atoms with Crippen molar-refractivity contribution in [2.75, 3.05) is 16.8 Å². The van der Waals surface area contributed by atoms with Crippen LogP contribution >= 0.6 is 11.3 Å². The second-order valence-electron chi connectivity index (χ2n) is 5.50. The lowest BCUT2D eigenvalue weighted by atomic mass is 10.1. The number of aromatic nitrogens is 1. The predicted molar refractivity (Wildman–Crippen MR) is 93.6 cm³/mol. The average molecular weight is 345 g/mol. The highest BCUT2D eigenvalue weighted by Crippen LogP contribution is 2.33. The van der Waals surface area contributed by atoms with E-state index in [0.29, 0.717) is 18.0 Å². The number of para-hydroxylation sites is 2. The summed E-state index contributed by atoms with van der Waals surface area (Å²) >= 11 is 1.41. The Morgan fingerprint density at radius 3 is 3.00 bits per heavy atom. The van der Waals surface area contributed by atoms with Gasteiger partial charge in [-0.05, 0) is 25.5 Å². The first-order chi connectivity index (χ1) is 11.6. The first kappa shape index (κ1) is 16.4. The first-order valence-electron chi connectivity index (χ1n) is 7.89. The summed E-state index contributed by atoms with van der Waals surface area (Å²) in [5.74, 6) is 0.410. The van der Waals surface area contributed by atoms with Gasteiger partial charge in [0.25, 0.3) is 5.91 Å². The van der Waals surface area contributed by atoms with E-state index in [1.54, 1.807) is 17.3 Å². The number of carbonyl (C=O) groups is 2. The molecule has 2 heterocycles. The van der Waals surface area contributed by atoms with E-state index >= 15 is 0 Å². The minimum atomic E-state index is -0.545. The van der Waals surface area contributed by atoms with Crippen LogP contribution in [0.4, 0.5) is 10.7 Å². The molecule has 6 nitrogen and oxygen atoms in total. The van der Waals surface area contributed by atoms with Crippen molar-refractivity contribution in [1.82, 2.24) is 4.98 Å². The summed E-state index contributed by atoms with van der Waals surface area (Å²) in [5.41, 5.74) is 3.31. The molecule has 1 aliphatic rings. The lowest BCUT2D eigenvalue weighted by Crippen LogP contribution is -2.45. The summed E-state index contributed by atoms with van der Waals surface area (Å²) in [6.45, 7) is 4.03. The van der Waals surface area contributed by atoms with Crippen LogP contribution in [0.3, 0.4) is 0 Å². The molecule has 0 bridgehead atoms. The Morgan fingerprint density at radius 2 is 2.21 bits per heavy atom. The molecule has 3 rings (SSSR count). The molecule has 2 aromatic rings. The molecule has 1 aromatic carbocycles. The monoisotopic (exact) mass is 345 g/mol. The summed E-state index contributed by atoms with van der Waals surface area (Å²) in [6.07, 6.45) is 0.441. The third kappa shape index (κ3) is 3.26. The Bertz CT molecular complexity index is 759. The first-order valence-corrected chi connectivity index (χ1v) is 8.77. The third-order valence-corrected chi connectivity index (χ3v) is 4.65. The predicted octanol–water partition coefficient (Wildman–Crippen LogP) is 2.85. The Hall–Kier alpha value is -2.41. The lowest BCUT2D eigenvalue weighted by molar-refractivity contribution is -0.125.